The van der Waals surface area contributed by atoms with Gasteiger partial charge in [0.05, 0.1) is 6.04 Å². The summed E-state index contributed by atoms with van der Waals surface area (Å²) in [5, 5.41) is 13.9. The van der Waals surface area contributed by atoms with Gasteiger partial charge in [0, 0.05) is 7.11 Å². The maximum absolute atomic E-state index is 5.53. The van der Waals surface area contributed by atoms with Gasteiger partial charge in [-0.25, -0.2) is 0 Å². The number of ether oxygens (including phenoxy) is 1. The molecule has 0 aliphatic heterocycles. The Labute approximate surface area is 108 Å². The van der Waals surface area contributed by atoms with Gasteiger partial charge in [-0.05, 0) is 33.2 Å². The number of nitrogens with zero attached hydrogens (tertiary/aromatic N) is 2. The highest BCUT2D eigenvalue weighted by Crippen LogP contribution is 2.32. The Morgan fingerprint density at radius 1 is 1.41 bits per heavy atom. The molecule has 0 bridgehead atoms. The molecule has 1 heterocycles. The van der Waals surface area contributed by atoms with Gasteiger partial charge in [-0.3, -0.25) is 0 Å². The molecule has 0 fully saturated rings. The van der Waals surface area contributed by atoms with Gasteiger partial charge in [0.25, 0.3) is 0 Å². The lowest BCUT2D eigenvalue weighted by Crippen LogP contribution is -2.22. The van der Waals surface area contributed by atoms with Crippen molar-refractivity contribution in [1.82, 2.24) is 15.5 Å². The molecule has 0 spiro atoms. The molecule has 0 aliphatic carbocycles. The lowest BCUT2D eigenvalue weighted by molar-refractivity contribution is -0.00208. The zero-order valence-electron chi connectivity index (χ0n) is 11.4. The summed E-state index contributed by atoms with van der Waals surface area (Å²) in [7, 11) is 1.73. The van der Waals surface area contributed by atoms with Gasteiger partial charge in [-0.1, -0.05) is 25.2 Å². The van der Waals surface area contributed by atoms with Gasteiger partial charge in [0.15, 0.2) is 0 Å². The molecule has 4 nitrogen and oxygen atoms in total. The summed E-state index contributed by atoms with van der Waals surface area (Å²) in [6.45, 7) is 9.44. The van der Waals surface area contributed by atoms with Crippen molar-refractivity contribution in [3.8, 4) is 0 Å². The lowest BCUT2D eigenvalue weighted by Gasteiger charge is -2.22. The standard InChI is InChI=1S/C12H23N3OS/c1-6-8-13-9(3)10-14-15-11(17-10)12(4,7-2)16-5/h9,13H,6-8H2,1-5H3. The van der Waals surface area contributed by atoms with Crippen molar-refractivity contribution in [2.75, 3.05) is 13.7 Å². The van der Waals surface area contributed by atoms with Gasteiger partial charge in [0.2, 0.25) is 0 Å². The van der Waals surface area contributed by atoms with Crippen molar-refractivity contribution in [3.63, 3.8) is 0 Å². The molecule has 0 amide bonds. The Balaban J connectivity index is 2.77. The third-order valence-electron chi connectivity index (χ3n) is 3.09. The highest BCUT2D eigenvalue weighted by molar-refractivity contribution is 7.11. The fourth-order valence-electron chi connectivity index (χ4n) is 1.45. The van der Waals surface area contributed by atoms with Crippen LogP contribution in [-0.2, 0) is 10.3 Å². The first-order valence-corrected chi connectivity index (χ1v) is 7.01. The number of nitrogens with one attached hydrogen (secondary N) is 1. The summed E-state index contributed by atoms with van der Waals surface area (Å²) in [5.41, 5.74) is -0.305. The molecule has 0 aliphatic rings. The van der Waals surface area contributed by atoms with Crippen LogP contribution < -0.4 is 5.32 Å². The number of aromatic nitrogens is 2. The fourth-order valence-corrected chi connectivity index (χ4v) is 2.52. The molecule has 1 aromatic heterocycles. The van der Waals surface area contributed by atoms with Crippen LogP contribution in [0, 0.1) is 0 Å². The fraction of sp³-hybridized carbons (Fsp3) is 0.833. The van der Waals surface area contributed by atoms with E-state index in [9.17, 15) is 0 Å². The molecule has 5 heteroatoms. The maximum atomic E-state index is 5.53. The first kappa shape index (κ1) is 14.5. The number of rotatable bonds is 7. The molecule has 0 saturated heterocycles. The SMILES string of the molecule is CCCNC(C)c1nnc(C(C)(CC)OC)s1. The van der Waals surface area contributed by atoms with Crippen molar-refractivity contribution >= 4 is 11.3 Å². The minimum absolute atomic E-state index is 0.263. The van der Waals surface area contributed by atoms with Gasteiger partial charge in [-0.15, -0.1) is 10.2 Å². The van der Waals surface area contributed by atoms with Crippen LogP contribution in [0.5, 0.6) is 0 Å². The summed E-state index contributed by atoms with van der Waals surface area (Å²) in [4.78, 5) is 0. The lowest BCUT2D eigenvalue weighted by atomic mass is 10.1. The Bertz CT molecular complexity index is 336. The number of methoxy groups -OCH3 is 1. The summed E-state index contributed by atoms with van der Waals surface area (Å²) >= 11 is 1.64. The number of hydrogen-bond donors (Lipinski definition) is 1. The normalized spacial score (nSPS) is 16.8. The molecule has 17 heavy (non-hydrogen) atoms. The smallest absolute Gasteiger partial charge is 0.149 e. The molecule has 0 aromatic carbocycles. The highest BCUT2D eigenvalue weighted by Gasteiger charge is 2.29. The third-order valence-corrected chi connectivity index (χ3v) is 4.44. The van der Waals surface area contributed by atoms with E-state index in [1.807, 2.05) is 0 Å². The van der Waals surface area contributed by atoms with Crippen LogP contribution in [0.1, 0.15) is 56.6 Å². The van der Waals surface area contributed by atoms with Crippen molar-refractivity contribution in [2.45, 2.75) is 52.2 Å². The van der Waals surface area contributed by atoms with Crippen molar-refractivity contribution in [1.29, 1.82) is 0 Å². The molecule has 0 saturated carbocycles. The van der Waals surface area contributed by atoms with Gasteiger partial charge < -0.3 is 10.1 Å². The minimum atomic E-state index is -0.305. The van der Waals surface area contributed by atoms with E-state index < -0.39 is 0 Å². The van der Waals surface area contributed by atoms with Crippen molar-refractivity contribution < 1.29 is 4.74 Å². The second-order valence-electron chi connectivity index (χ2n) is 4.41. The van der Waals surface area contributed by atoms with Crippen LogP contribution in [0.25, 0.3) is 0 Å². The molecule has 1 rings (SSSR count). The zero-order valence-corrected chi connectivity index (χ0v) is 12.2. The molecule has 2 unspecified atom stereocenters. The molecule has 2 atom stereocenters. The first-order chi connectivity index (χ1) is 8.07. The largest absolute Gasteiger partial charge is 0.371 e. The predicted octanol–water partition coefficient (Wildman–Crippen LogP) is 2.87. The van der Waals surface area contributed by atoms with Crippen molar-refractivity contribution in [2.24, 2.45) is 0 Å². The summed E-state index contributed by atoms with van der Waals surface area (Å²) in [6, 6.07) is 0.263. The monoisotopic (exact) mass is 257 g/mol. The van der Waals surface area contributed by atoms with Gasteiger partial charge in [-0.2, -0.15) is 0 Å². The summed E-state index contributed by atoms with van der Waals surface area (Å²) in [6.07, 6.45) is 2.02. The molecule has 1 N–H and O–H groups in total. The molecule has 98 valence electrons. The van der Waals surface area contributed by atoms with E-state index in [0.717, 1.165) is 29.4 Å². The van der Waals surface area contributed by atoms with Crippen LogP contribution >= 0.6 is 11.3 Å². The topological polar surface area (TPSA) is 47.0 Å². The van der Waals surface area contributed by atoms with Gasteiger partial charge >= 0.3 is 0 Å². The van der Waals surface area contributed by atoms with E-state index in [0.29, 0.717) is 0 Å². The quantitative estimate of drug-likeness (QED) is 0.816. The molecular weight excluding hydrogens is 234 g/mol. The van der Waals surface area contributed by atoms with E-state index in [1.54, 1.807) is 18.4 Å². The summed E-state index contributed by atoms with van der Waals surface area (Å²) < 4.78 is 5.53. The second-order valence-corrected chi connectivity index (χ2v) is 5.42. The van der Waals surface area contributed by atoms with E-state index in [-0.39, 0.29) is 11.6 Å². The van der Waals surface area contributed by atoms with Crippen molar-refractivity contribution in [3.05, 3.63) is 10.0 Å². The van der Waals surface area contributed by atoms with Crippen LogP contribution in [0.2, 0.25) is 0 Å². The number of hydrogen-bond acceptors (Lipinski definition) is 5. The summed E-state index contributed by atoms with van der Waals surface area (Å²) in [5.74, 6) is 0. The Kier molecular flexibility index (Phi) is 5.49. The van der Waals surface area contributed by atoms with E-state index >= 15 is 0 Å². The highest BCUT2D eigenvalue weighted by atomic mass is 32.1. The van der Waals surface area contributed by atoms with Crippen LogP contribution in [0.4, 0.5) is 0 Å². The van der Waals surface area contributed by atoms with E-state index in [2.05, 4.69) is 43.2 Å². The Morgan fingerprint density at radius 2 is 2.12 bits per heavy atom. The zero-order chi connectivity index (χ0) is 12.9. The van der Waals surface area contributed by atoms with E-state index in [1.165, 1.54) is 0 Å². The first-order valence-electron chi connectivity index (χ1n) is 6.19. The minimum Gasteiger partial charge on any atom is -0.371 e. The Hall–Kier alpha value is -0.520. The second kappa shape index (κ2) is 6.42. The average Bonchev–Trinajstić information content (AvgIpc) is 2.85. The maximum Gasteiger partial charge on any atom is 0.149 e. The molecule has 1 aromatic rings. The van der Waals surface area contributed by atoms with E-state index in [4.69, 9.17) is 4.74 Å². The van der Waals surface area contributed by atoms with Gasteiger partial charge in [0.1, 0.15) is 15.6 Å². The van der Waals surface area contributed by atoms with Crippen LogP contribution in [-0.4, -0.2) is 23.9 Å². The van der Waals surface area contributed by atoms with Crippen LogP contribution in [0.3, 0.4) is 0 Å². The molecule has 0 radical (unpaired) electrons. The molecular formula is C12H23N3OS. The van der Waals surface area contributed by atoms with Crippen LogP contribution in [0.15, 0.2) is 0 Å². The Morgan fingerprint density at radius 3 is 2.65 bits per heavy atom. The third kappa shape index (κ3) is 3.47. The predicted molar refractivity (Wildman–Crippen MR) is 71.3 cm³/mol. The average molecular weight is 257 g/mol.